The van der Waals surface area contributed by atoms with Gasteiger partial charge in [-0.2, -0.15) is 0 Å². The maximum Gasteiger partial charge on any atom is 0.166 e. The molecule has 2 aromatic rings. The van der Waals surface area contributed by atoms with Gasteiger partial charge in [-0.05, 0) is 12.5 Å². The zero-order chi connectivity index (χ0) is 13.9. The standard InChI is InChI=1S/C15H19N3O2/c1-18-8-7-17-14(18)6-5-12(16)11-3-2-4-13-15(11)20-10-9-19-13/h2-4,7-8,12H,5-6,9-10,16H2,1H3. The summed E-state index contributed by atoms with van der Waals surface area (Å²) in [5.74, 6) is 2.63. The molecule has 0 bridgehead atoms. The lowest BCUT2D eigenvalue weighted by Crippen LogP contribution is -2.20. The van der Waals surface area contributed by atoms with E-state index in [2.05, 4.69) is 4.98 Å². The molecule has 0 saturated carbocycles. The minimum atomic E-state index is -0.0802. The summed E-state index contributed by atoms with van der Waals surface area (Å²) in [5.41, 5.74) is 7.32. The molecule has 1 aromatic carbocycles. The molecule has 2 heterocycles. The van der Waals surface area contributed by atoms with Crippen LogP contribution in [0.5, 0.6) is 11.5 Å². The summed E-state index contributed by atoms with van der Waals surface area (Å²) in [7, 11) is 2.00. The first-order chi connectivity index (χ1) is 9.75. The van der Waals surface area contributed by atoms with Crippen LogP contribution in [0.1, 0.15) is 23.9 Å². The third-order valence-electron chi connectivity index (χ3n) is 3.60. The van der Waals surface area contributed by atoms with Gasteiger partial charge in [0.1, 0.15) is 19.0 Å². The molecule has 3 rings (SSSR count). The van der Waals surface area contributed by atoms with E-state index in [1.165, 1.54) is 0 Å². The van der Waals surface area contributed by atoms with Gasteiger partial charge in [-0.1, -0.05) is 12.1 Å². The summed E-state index contributed by atoms with van der Waals surface area (Å²) in [5, 5.41) is 0. The number of hydrogen-bond acceptors (Lipinski definition) is 4. The molecule has 1 unspecified atom stereocenters. The summed E-state index contributed by atoms with van der Waals surface area (Å²) in [6.07, 6.45) is 5.42. The lowest BCUT2D eigenvalue weighted by atomic mass is 10.0. The normalized spacial score (nSPS) is 15.1. The highest BCUT2D eigenvalue weighted by Gasteiger charge is 2.19. The first-order valence-corrected chi connectivity index (χ1v) is 6.86. The number of aryl methyl sites for hydroxylation is 2. The minimum absolute atomic E-state index is 0.0802. The third-order valence-corrected chi connectivity index (χ3v) is 3.60. The fraction of sp³-hybridized carbons (Fsp3) is 0.400. The van der Waals surface area contributed by atoms with Crippen LogP contribution < -0.4 is 15.2 Å². The molecule has 0 spiro atoms. The van der Waals surface area contributed by atoms with Crippen LogP contribution in [0.4, 0.5) is 0 Å². The average Bonchev–Trinajstić information content (AvgIpc) is 2.89. The monoisotopic (exact) mass is 273 g/mol. The number of para-hydroxylation sites is 1. The Morgan fingerprint density at radius 3 is 3.00 bits per heavy atom. The van der Waals surface area contributed by atoms with E-state index in [0.717, 1.165) is 35.7 Å². The first-order valence-electron chi connectivity index (χ1n) is 6.86. The van der Waals surface area contributed by atoms with Crippen LogP contribution in [0.2, 0.25) is 0 Å². The molecule has 1 aliphatic heterocycles. The molecule has 5 nitrogen and oxygen atoms in total. The Hall–Kier alpha value is -2.01. The van der Waals surface area contributed by atoms with Gasteiger partial charge in [-0.3, -0.25) is 0 Å². The first kappa shape index (κ1) is 13.0. The summed E-state index contributed by atoms with van der Waals surface area (Å²) < 4.78 is 13.3. The smallest absolute Gasteiger partial charge is 0.166 e. The second kappa shape index (κ2) is 5.54. The Labute approximate surface area is 118 Å². The summed E-state index contributed by atoms with van der Waals surface area (Å²) >= 11 is 0. The van der Waals surface area contributed by atoms with E-state index in [4.69, 9.17) is 15.2 Å². The topological polar surface area (TPSA) is 62.3 Å². The molecule has 0 radical (unpaired) electrons. The Balaban J connectivity index is 1.74. The highest BCUT2D eigenvalue weighted by molar-refractivity contribution is 5.48. The Morgan fingerprint density at radius 1 is 1.35 bits per heavy atom. The Kier molecular flexibility index (Phi) is 3.60. The van der Waals surface area contributed by atoms with Crippen LogP contribution in [0.15, 0.2) is 30.6 Å². The van der Waals surface area contributed by atoms with Crippen LogP contribution in [0.25, 0.3) is 0 Å². The number of benzene rings is 1. The molecule has 20 heavy (non-hydrogen) atoms. The number of hydrogen-bond donors (Lipinski definition) is 1. The maximum atomic E-state index is 6.31. The van der Waals surface area contributed by atoms with Gasteiger partial charge in [0, 0.05) is 37.5 Å². The van der Waals surface area contributed by atoms with Crippen molar-refractivity contribution in [2.75, 3.05) is 13.2 Å². The largest absolute Gasteiger partial charge is 0.486 e. The molecular formula is C15H19N3O2. The molecule has 0 amide bonds. The number of nitrogens with zero attached hydrogens (tertiary/aromatic N) is 2. The van der Waals surface area contributed by atoms with Gasteiger partial charge in [0.15, 0.2) is 11.5 Å². The van der Waals surface area contributed by atoms with Crippen molar-refractivity contribution in [2.24, 2.45) is 12.8 Å². The molecule has 0 saturated heterocycles. The van der Waals surface area contributed by atoms with E-state index in [1.54, 1.807) is 0 Å². The zero-order valence-corrected chi connectivity index (χ0v) is 11.6. The number of rotatable bonds is 4. The molecule has 106 valence electrons. The zero-order valence-electron chi connectivity index (χ0n) is 11.6. The molecule has 1 aliphatic rings. The van der Waals surface area contributed by atoms with E-state index in [1.807, 2.05) is 42.2 Å². The van der Waals surface area contributed by atoms with Crippen molar-refractivity contribution in [3.05, 3.63) is 42.0 Å². The molecule has 1 aromatic heterocycles. The molecule has 1 atom stereocenters. The van der Waals surface area contributed by atoms with Crippen molar-refractivity contribution >= 4 is 0 Å². The number of imidazole rings is 1. The van der Waals surface area contributed by atoms with Crippen molar-refractivity contribution in [1.29, 1.82) is 0 Å². The number of ether oxygens (including phenoxy) is 2. The SMILES string of the molecule is Cn1ccnc1CCC(N)c1cccc2c1OCCO2. The average molecular weight is 273 g/mol. The van der Waals surface area contributed by atoms with Crippen LogP contribution in [-0.4, -0.2) is 22.8 Å². The molecule has 0 aliphatic carbocycles. The number of fused-ring (bicyclic) bond motifs is 1. The third kappa shape index (κ3) is 2.49. The highest BCUT2D eigenvalue weighted by Crippen LogP contribution is 2.37. The van der Waals surface area contributed by atoms with Gasteiger partial charge in [0.25, 0.3) is 0 Å². The van der Waals surface area contributed by atoms with Gasteiger partial charge in [0.2, 0.25) is 0 Å². The molecular weight excluding hydrogens is 254 g/mol. The van der Waals surface area contributed by atoms with Gasteiger partial charge < -0.3 is 19.8 Å². The Morgan fingerprint density at radius 2 is 2.20 bits per heavy atom. The predicted octanol–water partition coefficient (Wildman–Crippen LogP) is 1.82. The molecule has 0 fully saturated rings. The van der Waals surface area contributed by atoms with Crippen molar-refractivity contribution in [2.45, 2.75) is 18.9 Å². The van der Waals surface area contributed by atoms with Gasteiger partial charge in [-0.25, -0.2) is 4.98 Å². The van der Waals surface area contributed by atoms with Crippen molar-refractivity contribution in [3.63, 3.8) is 0 Å². The second-order valence-corrected chi connectivity index (χ2v) is 4.97. The van der Waals surface area contributed by atoms with Crippen LogP contribution in [-0.2, 0) is 13.5 Å². The fourth-order valence-corrected chi connectivity index (χ4v) is 2.47. The predicted molar refractivity (Wildman–Crippen MR) is 75.9 cm³/mol. The summed E-state index contributed by atoms with van der Waals surface area (Å²) in [6, 6.07) is 5.81. The lowest BCUT2D eigenvalue weighted by molar-refractivity contribution is 0.169. The minimum Gasteiger partial charge on any atom is -0.486 e. The van der Waals surface area contributed by atoms with E-state index in [9.17, 15) is 0 Å². The molecule has 5 heteroatoms. The summed E-state index contributed by atoms with van der Waals surface area (Å²) in [4.78, 5) is 4.32. The number of nitrogens with two attached hydrogens (primary N) is 1. The molecule has 2 N–H and O–H groups in total. The maximum absolute atomic E-state index is 6.31. The quantitative estimate of drug-likeness (QED) is 0.923. The van der Waals surface area contributed by atoms with Gasteiger partial charge >= 0.3 is 0 Å². The van der Waals surface area contributed by atoms with E-state index < -0.39 is 0 Å². The van der Waals surface area contributed by atoms with Crippen molar-refractivity contribution in [1.82, 2.24) is 9.55 Å². The van der Waals surface area contributed by atoms with E-state index in [0.29, 0.717) is 13.2 Å². The van der Waals surface area contributed by atoms with Crippen LogP contribution in [0, 0.1) is 0 Å². The second-order valence-electron chi connectivity index (χ2n) is 4.97. The van der Waals surface area contributed by atoms with Gasteiger partial charge in [0.05, 0.1) is 0 Å². The van der Waals surface area contributed by atoms with Crippen LogP contribution in [0.3, 0.4) is 0 Å². The van der Waals surface area contributed by atoms with Crippen molar-refractivity contribution in [3.8, 4) is 11.5 Å². The van der Waals surface area contributed by atoms with E-state index in [-0.39, 0.29) is 6.04 Å². The van der Waals surface area contributed by atoms with E-state index >= 15 is 0 Å². The van der Waals surface area contributed by atoms with Crippen LogP contribution >= 0.6 is 0 Å². The Bertz CT molecular complexity index is 595. The van der Waals surface area contributed by atoms with Crippen molar-refractivity contribution < 1.29 is 9.47 Å². The van der Waals surface area contributed by atoms with Gasteiger partial charge in [-0.15, -0.1) is 0 Å². The highest BCUT2D eigenvalue weighted by atomic mass is 16.6. The lowest BCUT2D eigenvalue weighted by Gasteiger charge is -2.23. The fourth-order valence-electron chi connectivity index (χ4n) is 2.47. The number of aromatic nitrogens is 2. The summed E-state index contributed by atoms with van der Waals surface area (Å²) in [6.45, 7) is 1.18.